The SMILES string of the molecule is Cc1c(C(=O)OCNc2ccc(F)cc2O)sc2ncncc12. The van der Waals surface area contributed by atoms with Crippen LogP contribution in [0, 0.1) is 12.7 Å². The Morgan fingerprint density at radius 2 is 2.30 bits per heavy atom. The molecule has 0 saturated heterocycles. The van der Waals surface area contributed by atoms with Crippen molar-refractivity contribution in [2.24, 2.45) is 0 Å². The number of phenols is 1. The molecule has 0 amide bonds. The summed E-state index contributed by atoms with van der Waals surface area (Å²) >= 11 is 1.23. The van der Waals surface area contributed by atoms with E-state index in [4.69, 9.17) is 4.74 Å². The van der Waals surface area contributed by atoms with Crippen molar-refractivity contribution in [2.45, 2.75) is 6.92 Å². The quantitative estimate of drug-likeness (QED) is 0.434. The first-order chi connectivity index (χ1) is 11.1. The molecule has 8 heteroatoms. The van der Waals surface area contributed by atoms with Crippen LogP contribution in [0.25, 0.3) is 10.2 Å². The molecule has 3 aromatic rings. The standard InChI is InChI=1S/C15H12FN3O3S/c1-8-10-5-17-6-18-14(10)23-13(8)15(21)22-7-19-11-3-2-9(16)4-12(11)20/h2-6,19-20H,7H2,1H3. The Bertz CT molecular complexity index is 882. The van der Waals surface area contributed by atoms with Crippen molar-refractivity contribution in [2.75, 3.05) is 12.0 Å². The Morgan fingerprint density at radius 1 is 1.48 bits per heavy atom. The Kier molecular flexibility index (Phi) is 4.07. The van der Waals surface area contributed by atoms with E-state index in [2.05, 4.69) is 15.3 Å². The number of aromatic hydroxyl groups is 1. The number of halogens is 1. The predicted molar refractivity (Wildman–Crippen MR) is 84.1 cm³/mol. The number of fused-ring (bicyclic) bond motifs is 1. The number of hydrogen-bond donors (Lipinski definition) is 2. The number of thiophene rings is 1. The number of ether oxygens (including phenoxy) is 1. The maximum atomic E-state index is 12.9. The van der Waals surface area contributed by atoms with E-state index in [0.29, 0.717) is 9.71 Å². The number of benzene rings is 1. The number of hydrogen-bond acceptors (Lipinski definition) is 7. The summed E-state index contributed by atoms with van der Waals surface area (Å²) in [6, 6.07) is 3.52. The lowest BCUT2D eigenvalue weighted by atomic mass is 10.2. The van der Waals surface area contributed by atoms with Gasteiger partial charge in [0.15, 0.2) is 6.73 Å². The first-order valence-electron chi connectivity index (χ1n) is 6.65. The number of nitrogens with one attached hydrogen (secondary N) is 1. The van der Waals surface area contributed by atoms with Crippen molar-refractivity contribution in [1.29, 1.82) is 0 Å². The second-order valence-electron chi connectivity index (χ2n) is 4.71. The molecule has 0 fully saturated rings. The minimum Gasteiger partial charge on any atom is -0.506 e. The number of rotatable bonds is 4. The largest absolute Gasteiger partial charge is 0.506 e. The van der Waals surface area contributed by atoms with Crippen molar-refractivity contribution < 1.29 is 19.0 Å². The van der Waals surface area contributed by atoms with Gasteiger partial charge in [-0.3, -0.25) is 0 Å². The van der Waals surface area contributed by atoms with E-state index in [-0.39, 0.29) is 18.2 Å². The van der Waals surface area contributed by atoms with Crippen molar-refractivity contribution >= 4 is 33.2 Å². The third-order valence-corrected chi connectivity index (χ3v) is 4.43. The van der Waals surface area contributed by atoms with Crippen LogP contribution in [-0.4, -0.2) is 27.8 Å². The summed E-state index contributed by atoms with van der Waals surface area (Å²) in [5.74, 6) is -1.30. The molecule has 2 N–H and O–H groups in total. The van der Waals surface area contributed by atoms with Gasteiger partial charge >= 0.3 is 5.97 Å². The summed E-state index contributed by atoms with van der Waals surface area (Å²) in [7, 11) is 0. The minimum absolute atomic E-state index is 0.155. The van der Waals surface area contributed by atoms with Gasteiger partial charge in [0.25, 0.3) is 0 Å². The highest BCUT2D eigenvalue weighted by molar-refractivity contribution is 7.20. The molecule has 0 aliphatic carbocycles. The summed E-state index contributed by atoms with van der Waals surface area (Å²) < 4.78 is 18.0. The van der Waals surface area contributed by atoms with Crippen LogP contribution in [0.5, 0.6) is 5.75 Å². The molecule has 23 heavy (non-hydrogen) atoms. The van der Waals surface area contributed by atoms with E-state index in [0.717, 1.165) is 17.0 Å². The lowest BCUT2D eigenvalue weighted by molar-refractivity contribution is 0.0538. The summed E-state index contributed by atoms with van der Waals surface area (Å²) in [6.45, 7) is 1.65. The van der Waals surface area contributed by atoms with Crippen LogP contribution in [0.3, 0.4) is 0 Å². The zero-order valence-electron chi connectivity index (χ0n) is 12.0. The molecule has 0 spiro atoms. The highest BCUT2D eigenvalue weighted by Crippen LogP contribution is 2.29. The molecule has 118 valence electrons. The first-order valence-corrected chi connectivity index (χ1v) is 7.46. The van der Waals surface area contributed by atoms with Gasteiger partial charge in [0.05, 0.1) is 5.69 Å². The zero-order chi connectivity index (χ0) is 16.4. The van der Waals surface area contributed by atoms with Crippen molar-refractivity contribution in [1.82, 2.24) is 9.97 Å². The fourth-order valence-electron chi connectivity index (χ4n) is 2.05. The molecule has 1 aromatic carbocycles. The molecule has 0 atom stereocenters. The third-order valence-electron chi connectivity index (χ3n) is 3.23. The fourth-order valence-corrected chi connectivity index (χ4v) is 3.06. The number of nitrogens with zero attached hydrogens (tertiary/aromatic N) is 2. The number of esters is 1. The summed E-state index contributed by atoms with van der Waals surface area (Å²) in [4.78, 5) is 21.4. The summed E-state index contributed by atoms with van der Waals surface area (Å²) in [6.07, 6.45) is 3.08. The number of carbonyl (C=O) groups excluding carboxylic acids is 1. The first kappa shape index (κ1) is 15.2. The highest BCUT2D eigenvalue weighted by atomic mass is 32.1. The van der Waals surface area contributed by atoms with Gasteiger partial charge in [-0.15, -0.1) is 11.3 Å². The number of aryl methyl sites for hydroxylation is 1. The van der Waals surface area contributed by atoms with E-state index in [1.807, 2.05) is 0 Å². The van der Waals surface area contributed by atoms with Gasteiger partial charge in [0.1, 0.15) is 27.6 Å². The predicted octanol–water partition coefficient (Wildman–Crippen LogP) is 3.07. The van der Waals surface area contributed by atoms with Gasteiger partial charge in [0.2, 0.25) is 0 Å². The molecule has 0 saturated carbocycles. The molecule has 2 heterocycles. The Balaban J connectivity index is 1.68. The average Bonchev–Trinajstić information content (AvgIpc) is 2.87. The van der Waals surface area contributed by atoms with Gasteiger partial charge in [0, 0.05) is 17.6 Å². The molecule has 6 nitrogen and oxygen atoms in total. The van der Waals surface area contributed by atoms with Crippen molar-refractivity contribution in [3.8, 4) is 5.75 Å². The molecule has 0 bridgehead atoms. The molecule has 3 rings (SSSR count). The molecule has 2 aromatic heterocycles. The number of phenolic OH excluding ortho intramolecular Hbond substituents is 1. The molecule has 0 aliphatic rings. The Labute approximate surface area is 134 Å². The van der Waals surface area contributed by atoms with Crippen LogP contribution < -0.4 is 5.32 Å². The van der Waals surface area contributed by atoms with Crippen LogP contribution in [0.15, 0.2) is 30.7 Å². The van der Waals surface area contributed by atoms with E-state index in [1.54, 1.807) is 13.1 Å². The van der Waals surface area contributed by atoms with Crippen LogP contribution in [-0.2, 0) is 4.74 Å². The summed E-state index contributed by atoms with van der Waals surface area (Å²) in [5.41, 5.74) is 1.04. The van der Waals surface area contributed by atoms with Gasteiger partial charge in [-0.25, -0.2) is 19.2 Å². The second kappa shape index (κ2) is 6.17. The van der Waals surface area contributed by atoms with E-state index in [1.165, 1.54) is 29.8 Å². The van der Waals surface area contributed by atoms with Gasteiger partial charge in [-0.05, 0) is 24.6 Å². The van der Waals surface area contributed by atoms with Gasteiger partial charge < -0.3 is 15.2 Å². The van der Waals surface area contributed by atoms with Crippen molar-refractivity contribution in [3.63, 3.8) is 0 Å². The smallest absolute Gasteiger partial charge is 0.350 e. The van der Waals surface area contributed by atoms with Gasteiger partial charge in [-0.1, -0.05) is 0 Å². The second-order valence-corrected chi connectivity index (χ2v) is 5.71. The van der Waals surface area contributed by atoms with Crippen LogP contribution in [0.2, 0.25) is 0 Å². The van der Waals surface area contributed by atoms with Crippen LogP contribution in [0.4, 0.5) is 10.1 Å². The lowest BCUT2D eigenvalue weighted by Gasteiger charge is -2.09. The van der Waals surface area contributed by atoms with Crippen LogP contribution >= 0.6 is 11.3 Å². The van der Waals surface area contributed by atoms with Crippen LogP contribution in [0.1, 0.15) is 15.2 Å². The van der Waals surface area contributed by atoms with E-state index in [9.17, 15) is 14.3 Å². The number of carbonyl (C=O) groups is 1. The number of aromatic nitrogens is 2. The Hall–Kier alpha value is -2.74. The Morgan fingerprint density at radius 3 is 3.04 bits per heavy atom. The maximum Gasteiger partial charge on any atom is 0.350 e. The third kappa shape index (κ3) is 3.07. The maximum absolute atomic E-state index is 12.9. The van der Waals surface area contributed by atoms with E-state index < -0.39 is 11.8 Å². The molecule has 0 unspecified atom stereocenters. The molecule has 0 aliphatic heterocycles. The average molecular weight is 333 g/mol. The summed E-state index contributed by atoms with van der Waals surface area (Å²) in [5, 5.41) is 13.1. The van der Waals surface area contributed by atoms with E-state index >= 15 is 0 Å². The zero-order valence-corrected chi connectivity index (χ0v) is 12.9. The normalized spacial score (nSPS) is 10.7. The molecular formula is C15H12FN3O3S. The number of anilines is 1. The monoisotopic (exact) mass is 333 g/mol. The molecular weight excluding hydrogens is 321 g/mol. The van der Waals surface area contributed by atoms with Gasteiger partial charge in [-0.2, -0.15) is 0 Å². The molecule has 0 radical (unpaired) electrons. The lowest BCUT2D eigenvalue weighted by Crippen LogP contribution is -2.12. The van der Waals surface area contributed by atoms with Crippen molar-refractivity contribution in [3.05, 3.63) is 47.0 Å². The minimum atomic E-state index is -0.549. The topological polar surface area (TPSA) is 84.3 Å². The highest BCUT2D eigenvalue weighted by Gasteiger charge is 2.17. The fraction of sp³-hybridized carbons (Fsp3) is 0.133.